The molecule has 0 unspecified atom stereocenters. The number of hydrogen-bond donors (Lipinski definition) is 0. The second-order valence-electron chi connectivity index (χ2n) is 3.43. The number of pyridine rings is 1. The highest BCUT2D eigenvalue weighted by Crippen LogP contribution is 2.09. The predicted molar refractivity (Wildman–Crippen MR) is 51.6 cm³/mol. The summed E-state index contributed by atoms with van der Waals surface area (Å²) in [5, 5.41) is 0. The fourth-order valence-electron chi connectivity index (χ4n) is 1.60. The molecule has 0 spiro atoms. The van der Waals surface area contributed by atoms with Crippen molar-refractivity contribution in [3.8, 4) is 0 Å². The average Bonchev–Trinajstić information content (AvgIpc) is 2.72. The monoisotopic (exact) mass is 229 g/mol. The summed E-state index contributed by atoms with van der Waals surface area (Å²) in [5.41, 5.74) is 0. The van der Waals surface area contributed by atoms with Crippen molar-refractivity contribution in [1.29, 1.82) is 0 Å². The molecule has 84 valence electrons. The molecule has 1 fully saturated rings. The van der Waals surface area contributed by atoms with Crippen LogP contribution in [0.2, 0.25) is 0 Å². The van der Waals surface area contributed by atoms with Crippen molar-refractivity contribution < 1.29 is 26.4 Å². The zero-order valence-corrected chi connectivity index (χ0v) is 9.40. The van der Waals surface area contributed by atoms with Gasteiger partial charge in [-0.1, -0.05) is 6.07 Å². The molecule has 1 aromatic heterocycles. The van der Waals surface area contributed by atoms with Gasteiger partial charge in [-0.3, -0.25) is 0 Å². The van der Waals surface area contributed by atoms with E-state index in [-0.39, 0.29) is 18.7 Å². The molecule has 15 heavy (non-hydrogen) atoms. The largest absolute Gasteiger partial charge is 1.00 e. The standard InChI is InChI=1S/C11H16NO2.ClH/c1-2-6-12(7-3-1)8-4-5-11-13-9-10-14-11;/h1-3,6-7,11H,4-5,8-10H2;1H/q+1;/p-1. The van der Waals surface area contributed by atoms with E-state index < -0.39 is 0 Å². The molecular formula is C11H16ClNO2. The first-order valence-corrected chi connectivity index (χ1v) is 5.12. The van der Waals surface area contributed by atoms with E-state index in [2.05, 4.69) is 17.0 Å². The lowest BCUT2D eigenvalue weighted by molar-refractivity contribution is -0.697. The number of aryl methyl sites for hydroxylation is 1. The minimum atomic E-state index is 0. The number of halogens is 1. The molecule has 1 aliphatic rings. The van der Waals surface area contributed by atoms with Gasteiger partial charge in [0.25, 0.3) is 0 Å². The van der Waals surface area contributed by atoms with E-state index in [9.17, 15) is 0 Å². The van der Waals surface area contributed by atoms with Crippen LogP contribution in [-0.4, -0.2) is 19.5 Å². The maximum Gasteiger partial charge on any atom is 0.168 e. The summed E-state index contributed by atoms with van der Waals surface area (Å²) >= 11 is 0. The fraction of sp³-hybridized carbons (Fsp3) is 0.545. The van der Waals surface area contributed by atoms with E-state index in [1.165, 1.54) is 0 Å². The van der Waals surface area contributed by atoms with Gasteiger partial charge in [-0.05, 0) is 0 Å². The highest BCUT2D eigenvalue weighted by atomic mass is 35.5. The smallest absolute Gasteiger partial charge is 0.168 e. The van der Waals surface area contributed by atoms with Gasteiger partial charge in [0.1, 0.15) is 6.54 Å². The molecule has 0 N–H and O–H groups in total. The Balaban J connectivity index is 0.00000112. The Morgan fingerprint density at radius 2 is 1.73 bits per heavy atom. The van der Waals surface area contributed by atoms with Gasteiger partial charge in [-0.2, -0.15) is 0 Å². The zero-order valence-electron chi connectivity index (χ0n) is 8.64. The molecule has 2 rings (SSSR count). The van der Waals surface area contributed by atoms with Gasteiger partial charge in [0.05, 0.1) is 13.2 Å². The second kappa shape index (κ2) is 6.77. The van der Waals surface area contributed by atoms with Crippen LogP contribution >= 0.6 is 0 Å². The molecule has 0 aromatic carbocycles. The topological polar surface area (TPSA) is 22.3 Å². The average molecular weight is 230 g/mol. The first-order valence-electron chi connectivity index (χ1n) is 5.12. The summed E-state index contributed by atoms with van der Waals surface area (Å²) in [6.45, 7) is 2.54. The predicted octanol–water partition coefficient (Wildman–Crippen LogP) is -1.87. The third kappa shape index (κ3) is 4.16. The molecule has 2 heterocycles. The van der Waals surface area contributed by atoms with Gasteiger partial charge in [0.2, 0.25) is 0 Å². The molecule has 3 nitrogen and oxygen atoms in total. The van der Waals surface area contributed by atoms with Crippen LogP contribution in [0.15, 0.2) is 30.6 Å². The van der Waals surface area contributed by atoms with Crippen molar-refractivity contribution in [1.82, 2.24) is 0 Å². The Morgan fingerprint density at radius 3 is 2.40 bits per heavy atom. The van der Waals surface area contributed by atoms with Gasteiger partial charge in [0.15, 0.2) is 18.7 Å². The lowest BCUT2D eigenvalue weighted by Gasteiger charge is -2.06. The molecule has 1 aliphatic heterocycles. The van der Waals surface area contributed by atoms with Gasteiger partial charge >= 0.3 is 0 Å². The van der Waals surface area contributed by atoms with Crippen LogP contribution in [0.4, 0.5) is 0 Å². The Hall–Kier alpha value is -0.640. The normalized spacial score (nSPS) is 16.3. The third-order valence-corrected chi connectivity index (χ3v) is 2.32. The summed E-state index contributed by atoms with van der Waals surface area (Å²) < 4.78 is 12.9. The van der Waals surface area contributed by atoms with E-state index >= 15 is 0 Å². The quantitative estimate of drug-likeness (QED) is 0.565. The van der Waals surface area contributed by atoms with Crippen LogP contribution < -0.4 is 17.0 Å². The summed E-state index contributed by atoms with van der Waals surface area (Å²) in [6.07, 6.45) is 6.29. The first kappa shape index (κ1) is 12.4. The van der Waals surface area contributed by atoms with E-state index in [0.29, 0.717) is 0 Å². The Bertz CT molecular complexity index is 263. The highest BCUT2D eigenvalue weighted by molar-refractivity contribution is 4.83. The van der Waals surface area contributed by atoms with E-state index in [0.717, 1.165) is 32.6 Å². The third-order valence-electron chi connectivity index (χ3n) is 2.32. The Labute approximate surface area is 96.4 Å². The van der Waals surface area contributed by atoms with Crippen molar-refractivity contribution >= 4 is 0 Å². The van der Waals surface area contributed by atoms with Crippen molar-refractivity contribution in [2.45, 2.75) is 25.7 Å². The molecule has 0 bridgehead atoms. The van der Waals surface area contributed by atoms with E-state index in [1.54, 1.807) is 0 Å². The molecule has 1 aromatic rings. The van der Waals surface area contributed by atoms with Crippen molar-refractivity contribution in [2.24, 2.45) is 0 Å². The molecule has 1 saturated heterocycles. The molecule has 0 amide bonds. The molecule has 0 atom stereocenters. The van der Waals surface area contributed by atoms with Crippen molar-refractivity contribution in [3.05, 3.63) is 30.6 Å². The van der Waals surface area contributed by atoms with Crippen LogP contribution in [-0.2, 0) is 16.0 Å². The van der Waals surface area contributed by atoms with Crippen LogP contribution in [0.25, 0.3) is 0 Å². The molecular weight excluding hydrogens is 214 g/mol. The molecule has 0 aliphatic carbocycles. The Kier molecular flexibility index (Phi) is 5.61. The molecule has 0 saturated carbocycles. The maximum atomic E-state index is 5.36. The highest BCUT2D eigenvalue weighted by Gasteiger charge is 2.15. The van der Waals surface area contributed by atoms with Gasteiger partial charge < -0.3 is 21.9 Å². The van der Waals surface area contributed by atoms with Crippen LogP contribution in [0, 0.1) is 0 Å². The number of nitrogens with zero attached hydrogens (tertiary/aromatic N) is 1. The Morgan fingerprint density at radius 1 is 1.07 bits per heavy atom. The lowest BCUT2D eigenvalue weighted by atomic mass is 10.3. The van der Waals surface area contributed by atoms with Gasteiger partial charge in [-0.15, -0.1) is 0 Å². The van der Waals surface area contributed by atoms with Crippen LogP contribution in [0.5, 0.6) is 0 Å². The van der Waals surface area contributed by atoms with Gasteiger partial charge in [-0.25, -0.2) is 4.57 Å². The summed E-state index contributed by atoms with van der Waals surface area (Å²) in [6, 6.07) is 6.12. The summed E-state index contributed by atoms with van der Waals surface area (Å²) in [4.78, 5) is 0. The van der Waals surface area contributed by atoms with E-state index in [1.807, 2.05) is 18.2 Å². The molecule has 0 radical (unpaired) electrons. The zero-order chi connectivity index (χ0) is 9.64. The molecule has 4 heteroatoms. The van der Waals surface area contributed by atoms with E-state index in [4.69, 9.17) is 9.47 Å². The maximum absolute atomic E-state index is 5.36. The first-order chi connectivity index (χ1) is 6.95. The number of ether oxygens (including phenoxy) is 2. The van der Waals surface area contributed by atoms with Crippen molar-refractivity contribution in [3.63, 3.8) is 0 Å². The second-order valence-corrected chi connectivity index (χ2v) is 3.43. The van der Waals surface area contributed by atoms with Crippen molar-refractivity contribution in [2.75, 3.05) is 13.2 Å². The van der Waals surface area contributed by atoms with Crippen LogP contribution in [0.1, 0.15) is 12.8 Å². The number of aromatic nitrogens is 1. The minimum absolute atomic E-state index is 0. The van der Waals surface area contributed by atoms with Crippen LogP contribution in [0.3, 0.4) is 0 Å². The number of hydrogen-bond acceptors (Lipinski definition) is 2. The number of rotatable bonds is 4. The summed E-state index contributed by atoms with van der Waals surface area (Å²) in [7, 11) is 0. The fourth-order valence-corrected chi connectivity index (χ4v) is 1.60. The minimum Gasteiger partial charge on any atom is -1.00 e. The lowest BCUT2D eigenvalue weighted by Crippen LogP contribution is -3.00. The van der Waals surface area contributed by atoms with Gasteiger partial charge in [0, 0.05) is 25.0 Å². The SMILES string of the molecule is [Cl-].c1cc[n+](CCCC2OCCO2)cc1. The summed E-state index contributed by atoms with van der Waals surface area (Å²) in [5.74, 6) is 0.